The molecule has 2 aliphatic rings. The zero-order valence-corrected chi connectivity index (χ0v) is 21.4. The third-order valence-corrected chi connectivity index (χ3v) is 7.88. The Morgan fingerprint density at radius 2 is 1.76 bits per heavy atom. The summed E-state index contributed by atoms with van der Waals surface area (Å²) in [7, 11) is 1.68. The Labute approximate surface area is 216 Å². The van der Waals surface area contributed by atoms with Crippen molar-refractivity contribution in [3.8, 4) is 5.75 Å². The summed E-state index contributed by atoms with van der Waals surface area (Å²) in [6.45, 7) is 5.31. The number of hydrogen-bond acceptors (Lipinski definition) is 7. The van der Waals surface area contributed by atoms with E-state index in [1.807, 2.05) is 35.9 Å². The maximum absolute atomic E-state index is 13.5. The molecule has 0 radical (unpaired) electrons. The first kappa shape index (κ1) is 23.7. The van der Waals surface area contributed by atoms with Gasteiger partial charge in [0.15, 0.2) is 5.82 Å². The second-order valence-corrected chi connectivity index (χ2v) is 10.2. The number of nitrogens with one attached hydrogen (secondary N) is 1. The van der Waals surface area contributed by atoms with Crippen molar-refractivity contribution in [1.29, 1.82) is 0 Å². The van der Waals surface area contributed by atoms with E-state index < -0.39 is 0 Å². The molecule has 1 N–H and O–H groups in total. The normalized spacial score (nSPS) is 17.9. The van der Waals surface area contributed by atoms with Crippen molar-refractivity contribution in [3.63, 3.8) is 0 Å². The Hall–Kier alpha value is -3.72. The van der Waals surface area contributed by atoms with Crippen LogP contribution < -0.4 is 15.2 Å². The Morgan fingerprint density at radius 1 is 1.00 bits per heavy atom. The highest BCUT2D eigenvalue weighted by atomic mass is 16.5. The molecule has 192 valence electrons. The SMILES string of the molecule is COc1ccc(N2CCN([C@@H](c3cc4ccc(C)cc4[nH]c3=O)c3nnnn3C3CCCC3)CC2)cc1. The molecule has 0 amide bonds. The molecule has 37 heavy (non-hydrogen) atoms. The third kappa shape index (κ3) is 4.59. The molecule has 0 unspecified atom stereocenters. The first-order valence-electron chi connectivity index (χ1n) is 13.1. The number of rotatable bonds is 6. The lowest BCUT2D eigenvalue weighted by Gasteiger charge is -2.39. The van der Waals surface area contributed by atoms with Gasteiger partial charge in [0.1, 0.15) is 11.8 Å². The Balaban J connectivity index is 1.36. The highest BCUT2D eigenvalue weighted by Crippen LogP contribution is 2.34. The van der Waals surface area contributed by atoms with Crippen LogP contribution in [0.15, 0.2) is 53.3 Å². The lowest BCUT2D eigenvalue weighted by Crippen LogP contribution is -2.49. The van der Waals surface area contributed by atoms with Gasteiger partial charge < -0.3 is 14.6 Å². The lowest BCUT2D eigenvalue weighted by molar-refractivity contribution is 0.197. The fourth-order valence-electron chi connectivity index (χ4n) is 5.85. The molecule has 0 bridgehead atoms. The van der Waals surface area contributed by atoms with E-state index in [1.165, 1.54) is 18.5 Å². The zero-order valence-electron chi connectivity index (χ0n) is 21.4. The maximum atomic E-state index is 13.5. The van der Waals surface area contributed by atoms with E-state index in [1.54, 1.807) is 7.11 Å². The van der Waals surface area contributed by atoms with Crippen molar-refractivity contribution in [2.45, 2.75) is 44.7 Å². The summed E-state index contributed by atoms with van der Waals surface area (Å²) in [5.41, 5.74) is 3.76. The monoisotopic (exact) mass is 499 g/mol. The van der Waals surface area contributed by atoms with Crippen LogP contribution in [0.4, 0.5) is 5.69 Å². The number of aryl methyl sites for hydroxylation is 1. The number of nitrogens with zero attached hydrogens (tertiary/aromatic N) is 6. The number of aromatic nitrogens is 5. The minimum Gasteiger partial charge on any atom is -0.497 e. The number of benzene rings is 2. The second kappa shape index (κ2) is 9.97. The van der Waals surface area contributed by atoms with E-state index in [2.05, 4.69) is 54.6 Å². The van der Waals surface area contributed by atoms with Crippen molar-refractivity contribution in [3.05, 3.63) is 75.8 Å². The van der Waals surface area contributed by atoms with Gasteiger partial charge >= 0.3 is 0 Å². The van der Waals surface area contributed by atoms with E-state index in [9.17, 15) is 4.79 Å². The van der Waals surface area contributed by atoms with Gasteiger partial charge in [0, 0.05) is 42.9 Å². The summed E-state index contributed by atoms with van der Waals surface area (Å²) in [5.74, 6) is 1.62. The molecule has 1 aliphatic carbocycles. The molecule has 0 spiro atoms. The van der Waals surface area contributed by atoms with Crippen LogP contribution in [0.25, 0.3) is 10.9 Å². The number of aromatic amines is 1. The number of hydrogen-bond donors (Lipinski definition) is 1. The molecule has 1 saturated heterocycles. The fourth-order valence-corrected chi connectivity index (χ4v) is 5.85. The average Bonchev–Trinajstić information content (AvgIpc) is 3.62. The number of fused-ring (bicyclic) bond motifs is 1. The van der Waals surface area contributed by atoms with Crippen LogP contribution >= 0.6 is 0 Å². The zero-order chi connectivity index (χ0) is 25.4. The summed E-state index contributed by atoms with van der Waals surface area (Å²) < 4.78 is 7.31. The molecule has 4 aromatic rings. The Kier molecular flexibility index (Phi) is 6.38. The molecular weight excluding hydrogens is 466 g/mol. The number of piperazine rings is 1. The highest BCUT2D eigenvalue weighted by Gasteiger charge is 2.34. The predicted molar refractivity (Wildman–Crippen MR) is 143 cm³/mol. The largest absolute Gasteiger partial charge is 0.497 e. The molecule has 2 aromatic heterocycles. The number of anilines is 1. The van der Waals surface area contributed by atoms with Crippen molar-refractivity contribution in [1.82, 2.24) is 30.1 Å². The van der Waals surface area contributed by atoms with Gasteiger partial charge in [-0.3, -0.25) is 9.69 Å². The molecule has 1 saturated carbocycles. The Morgan fingerprint density at radius 3 is 2.49 bits per heavy atom. The Bertz CT molecular complexity index is 1430. The molecule has 9 heteroatoms. The van der Waals surface area contributed by atoms with Crippen LogP contribution in [0.2, 0.25) is 0 Å². The standard InChI is InChI=1S/C28H33N7O2/c1-19-7-8-20-18-24(28(36)29-25(20)17-19)26(27-30-31-32-35(27)22-5-3-4-6-22)34-15-13-33(14-16-34)21-9-11-23(37-2)12-10-21/h7-12,17-18,22,26H,3-6,13-16H2,1-2H3,(H,29,36)/t26-/m0/s1. The molecule has 2 fully saturated rings. The van der Waals surface area contributed by atoms with E-state index in [-0.39, 0.29) is 17.6 Å². The number of pyridine rings is 1. The fraction of sp³-hybridized carbons (Fsp3) is 0.429. The lowest BCUT2D eigenvalue weighted by atomic mass is 10.0. The number of tetrazole rings is 1. The highest BCUT2D eigenvalue weighted by molar-refractivity contribution is 5.79. The molecule has 9 nitrogen and oxygen atoms in total. The summed E-state index contributed by atoms with van der Waals surface area (Å²) in [4.78, 5) is 21.4. The first-order chi connectivity index (χ1) is 18.1. The number of ether oxygens (including phenoxy) is 1. The maximum Gasteiger partial charge on any atom is 0.253 e. The van der Waals surface area contributed by atoms with E-state index in [4.69, 9.17) is 4.74 Å². The summed E-state index contributed by atoms with van der Waals surface area (Å²) >= 11 is 0. The molecule has 1 atom stereocenters. The molecule has 3 heterocycles. The average molecular weight is 500 g/mol. The van der Waals surface area contributed by atoms with E-state index in [0.29, 0.717) is 5.56 Å². The summed E-state index contributed by atoms with van der Waals surface area (Å²) in [5, 5.41) is 14.0. The van der Waals surface area contributed by atoms with Gasteiger partial charge in [-0.15, -0.1) is 5.10 Å². The first-order valence-corrected chi connectivity index (χ1v) is 13.1. The van der Waals surface area contributed by atoms with Crippen LogP contribution in [-0.2, 0) is 0 Å². The number of H-pyrrole nitrogens is 1. The van der Waals surface area contributed by atoms with Crippen LogP contribution in [0, 0.1) is 6.92 Å². The van der Waals surface area contributed by atoms with Crippen LogP contribution in [0.1, 0.15) is 54.7 Å². The van der Waals surface area contributed by atoms with Gasteiger partial charge in [-0.25, -0.2) is 4.68 Å². The topological polar surface area (TPSA) is 92.2 Å². The quantitative estimate of drug-likeness (QED) is 0.431. The number of methoxy groups -OCH3 is 1. The van der Waals surface area contributed by atoms with Crippen molar-refractivity contribution in [2.24, 2.45) is 0 Å². The molecule has 1 aliphatic heterocycles. The van der Waals surface area contributed by atoms with Gasteiger partial charge in [0.2, 0.25) is 0 Å². The van der Waals surface area contributed by atoms with Gasteiger partial charge in [-0.05, 0) is 77.5 Å². The minimum atomic E-state index is -0.317. The third-order valence-electron chi connectivity index (χ3n) is 7.88. The van der Waals surface area contributed by atoms with Crippen molar-refractivity contribution in [2.75, 3.05) is 38.2 Å². The van der Waals surface area contributed by atoms with Gasteiger partial charge in [0.05, 0.1) is 13.2 Å². The molecular formula is C28H33N7O2. The van der Waals surface area contributed by atoms with Crippen molar-refractivity contribution >= 4 is 16.6 Å². The summed E-state index contributed by atoms with van der Waals surface area (Å²) in [6.07, 6.45) is 4.52. The molecule has 6 rings (SSSR count). The minimum absolute atomic E-state index is 0.0818. The van der Waals surface area contributed by atoms with Crippen LogP contribution in [-0.4, -0.2) is 63.4 Å². The van der Waals surface area contributed by atoms with Crippen LogP contribution in [0.3, 0.4) is 0 Å². The van der Waals surface area contributed by atoms with Crippen molar-refractivity contribution < 1.29 is 4.74 Å². The van der Waals surface area contributed by atoms with E-state index in [0.717, 1.165) is 67.1 Å². The van der Waals surface area contributed by atoms with Gasteiger partial charge in [-0.2, -0.15) is 0 Å². The van der Waals surface area contributed by atoms with Gasteiger partial charge in [-0.1, -0.05) is 25.0 Å². The van der Waals surface area contributed by atoms with E-state index >= 15 is 0 Å². The second-order valence-electron chi connectivity index (χ2n) is 10.2. The van der Waals surface area contributed by atoms with Gasteiger partial charge in [0.25, 0.3) is 5.56 Å². The van der Waals surface area contributed by atoms with Crippen LogP contribution in [0.5, 0.6) is 5.75 Å². The molecule has 2 aromatic carbocycles. The smallest absolute Gasteiger partial charge is 0.253 e. The summed E-state index contributed by atoms with van der Waals surface area (Å²) in [6, 6.07) is 16.4. The predicted octanol–water partition coefficient (Wildman–Crippen LogP) is 3.86.